The van der Waals surface area contributed by atoms with Crippen LogP contribution in [0, 0.1) is 0 Å². The molecule has 2 saturated carbocycles. The third kappa shape index (κ3) is 4.69. The van der Waals surface area contributed by atoms with Crippen LogP contribution in [-0.2, 0) is 21.5 Å². The van der Waals surface area contributed by atoms with Gasteiger partial charge in [-0.1, -0.05) is 55.8 Å². The van der Waals surface area contributed by atoms with Crippen LogP contribution in [0.25, 0.3) is 0 Å². The van der Waals surface area contributed by atoms with Crippen molar-refractivity contribution >= 4 is 29.1 Å². The number of halogens is 1. The molecule has 160 valence electrons. The molecule has 6 nitrogen and oxygen atoms in total. The van der Waals surface area contributed by atoms with Crippen molar-refractivity contribution in [2.24, 2.45) is 0 Å². The van der Waals surface area contributed by atoms with Crippen LogP contribution >= 0.6 is 11.6 Å². The summed E-state index contributed by atoms with van der Waals surface area (Å²) < 4.78 is 1.58. The maximum atomic E-state index is 13.4. The second-order valence-electron chi connectivity index (χ2n) is 8.58. The zero-order valence-electron chi connectivity index (χ0n) is 17.2. The lowest BCUT2D eigenvalue weighted by atomic mass is 9.68. The van der Waals surface area contributed by atoms with Gasteiger partial charge >= 0.3 is 0 Å². The van der Waals surface area contributed by atoms with E-state index in [1.165, 1.54) is 12.8 Å². The van der Waals surface area contributed by atoms with Crippen molar-refractivity contribution in [3.05, 3.63) is 47.2 Å². The SMILES string of the molecule is O=C(Cn1cc(NC(=O)C2(c3cccc(Cl)c3)CCCCC2)cn1)NC1CCCC1. The molecule has 1 heterocycles. The molecule has 2 aromatic rings. The Bertz CT molecular complexity index is 898. The molecule has 0 spiro atoms. The Kier molecular flexibility index (Phi) is 6.42. The molecule has 1 aromatic carbocycles. The van der Waals surface area contributed by atoms with Crippen LogP contribution in [0.4, 0.5) is 5.69 Å². The Balaban J connectivity index is 1.43. The highest BCUT2D eigenvalue weighted by Gasteiger charge is 2.41. The number of amides is 2. The number of hydrogen-bond acceptors (Lipinski definition) is 3. The van der Waals surface area contributed by atoms with Gasteiger partial charge in [0.05, 0.1) is 17.3 Å². The molecule has 2 amide bonds. The van der Waals surface area contributed by atoms with E-state index in [4.69, 9.17) is 11.6 Å². The van der Waals surface area contributed by atoms with Crippen molar-refractivity contribution < 1.29 is 9.59 Å². The topological polar surface area (TPSA) is 76.0 Å². The third-order valence-electron chi connectivity index (χ3n) is 6.44. The minimum absolute atomic E-state index is 0.0283. The van der Waals surface area contributed by atoms with Crippen molar-refractivity contribution in [2.45, 2.75) is 75.8 Å². The first-order valence-electron chi connectivity index (χ1n) is 10.9. The Hall–Kier alpha value is -2.34. The minimum atomic E-state index is -0.578. The second kappa shape index (κ2) is 9.21. The van der Waals surface area contributed by atoms with E-state index >= 15 is 0 Å². The van der Waals surface area contributed by atoms with E-state index in [2.05, 4.69) is 15.7 Å². The number of nitrogens with zero attached hydrogens (tertiary/aromatic N) is 2. The molecule has 0 saturated heterocycles. The molecule has 30 heavy (non-hydrogen) atoms. The van der Waals surface area contributed by atoms with Gasteiger partial charge in [0.1, 0.15) is 6.54 Å². The molecule has 2 aliphatic rings. The van der Waals surface area contributed by atoms with Crippen LogP contribution in [0.3, 0.4) is 0 Å². The number of carbonyl (C=O) groups is 2. The van der Waals surface area contributed by atoms with Crippen molar-refractivity contribution in [3.63, 3.8) is 0 Å². The fraction of sp³-hybridized carbons (Fsp3) is 0.522. The monoisotopic (exact) mass is 428 g/mol. The summed E-state index contributed by atoms with van der Waals surface area (Å²) in [5, 5.41) is 11.0. The van der Waals surface area contributed by atoms with E-state index in [9.17, 15) is 9.59 Å². The van der Waals surface area contributed by atoms with Gasteiger partial charge in [-0.05, 0) is 43.4 Å². The molecule has 0 bridgehead atoms. The summed E-state index contributed by atoms with van der Waals surface area (Å²) in [5.41, 5.74) is 1.00. The highest BCUT2D eigenvalue weighted by molar-refractivity contribution is 6.30. The maximum Gasteiger partial charge on any atom is 0.241 e. The predicted octanol–water partition coefficient (Wildman–Crippen LogP) is 4.44. The average Bonchev–Trinajstić information content (AvgIpc) is 3.40. The molecule has 0 unspecified atom stereocenters. The predicted molar refractivity (Wildman–Crippen MR) is 117 cm³/mol. The highest BCUT2D eigenvalue weighted by atomic mass is 35.5. The van der Waals surface area contributed by atoms with Gasteiger partial charge in [0, 0.05) is 17.3 Å². The Morgan fingerprint density at radius 2 is 1.90 bits per heavy atom. The van der Waals surface area contributed by atoms with Crippen molar-refractivity contribution in [1.29, 1.82) is 0 Å². The van der Waals surface area contributed by atoms with Crippen LogP contribution in [0.2, 0.25) is 5.02 Å². The van der Waals surface area contributed by atoms with Gasteiger partial charge in [-0.2, -0.15) is 5.10 Å². The van der Waals surface area contributed by atoms with E-state index in [0.29, 0.717) is 10.7 Å². The minimum Gasteiger partial charge on any atom is -0.352 e. The standard InChI is InChI=1S/C23H29ClN4O2/c24-18-8-6-7-17(13-18)23(11-4-1-5-12-23)22(30)27-20-14-25-28(15-20)16-21(29)26-19-9-2-3-10-19/h6-8,13-15,19H,1-5,9-12,16H2,(H,26,29)(H,27,30). The van der Waals surface area contributed by atoms with Crippen molar-refractivity contribution in [3.8, 4) is 0 Å². The number of anilines is 1. The lowest BCUT2D eigenvalue weighted by Gasteiger charge is -2.36. The smallest absolute Gasteiger partial charge is 0.241 e. The van der Waals surface area contributed by atoms with Gasteiger partial charge in [0.2, 0.25) is 11.8 Å². The van der Waals surface area contributed by atoms with Gasteiger partial charge in [0.15, 0.2) is 0 Å². The van der Waals surface area contributed by atoms with Crippen LogP contribution in [0.5, 0.6) is 0 Å². The molecule has 0 radical (unpaired) electrons. The van der Waals surface area contributed by atoms with Crippen LogP contribution in [0.1, 0.15) is 63.4 Å². The number of aromatic nitrogens is 2. The molecule has 2 N–H and O–H groups in total. The van der Waals surface area contributed by atoms with Crippen molar-refractivity contribution in [2.75, 3.05) is 5.32 Å². The maximum absolute atomic E-state index is 13.4. The highest BCUT2D eigenvalue weighted by Crippen LogP contribution is 2.41. The van der Waals surface area contributed by atoms with E-state index in [1.54, 1.807) is 17.1 Å². The Morgan fingerprint density at radius 3 is 2.63 bits per heavy atom. The number of rotatable bonds is 6. The van der Waals surface area contributed by atoms with E-state index < -0.39 is 5.41 Å². The average molecular weight is 429 g/mol. The molecule has 2 aliphatic carbocycles. The van der Waals surface area contributed by atoms with E-state index in [1.807, 2.05) is 24.3 Å². The van der Waals surface area contributed by atoms with Crippen molar-refractivity contribution in [1.82, 2.24) is 15.1 Å². The summed E-state index contributed by atoms with van der Waals surface area (Å²) in [7, 11) is 0. The second-order valence-corrected chi connectivity index (χ2v) is 9.02. The lowest BCUT2D eigenvalue weighted by molar-refractivity contribution is -0.123. The Morgan fingerprint density at radius 1 is 1.13 bits per heavy atom. The molecule has 2 fully saturated rings. The summed E-state index contributed by atoms with van der Waals surface area (Å²) >= 11 is 6.22. The molecule has 7 heteroatoms. The molecular weight excluding hydrogens is 400 g/mol. The largest absolute Gasteiger partial charge is 0.352 e. The molecule has 0 aliphatic heterocycles. The van der Waals surface area contributed by atoms with Gasteiger partial charge in [-0.25, -0.2) is 0 Å². The lowest BCUT2D eigenvalue weighted by Crippen LogP contribution is -2.42. The van der Waals surface area contributed by atoms with Gasteiger partial charge in [-0.15, -0.1) is 0 Å². The van der Waals surface area contributed by atoms with Gasteiger partial charge in [0.25, 0.3) is 0 Å². The van der Waals surface area contributed by atoms with E-state index in [-0.39, 0.29) is 24.4 Å². The van der Waals surface area contributed by atoms with Crippen LogP contribution in [0.15, 0.2) is 36.7 Å². The number of benzene rings is 1. The Labute approximate surface area is 182 Å². The zero-order valence-corrected chi connectivity index (χ0v) is 18.0. The number of hydrogen-bond donors (Lipinski definition) is 2. The summed E-state index contributed by atoms with van der Waals surface area (Å²) in [6.07, 6.45) is 12.6. The van der Waals surface area contributed by atoms with E-state index in [0.717, 1.165) is 50.5 Å². The van der Waals surface area contributed by atoms with Gasteiger partial charge in [-0.3, -0.25) is 14.3 Å². The quantitative estimate of drug-likeness (QED) is 0.714. The first-order valence-corrected chi connectivity index (χ1v) is 11.3. The zero-order chi connectivity index (χ0) is 21.0. The number of nitrogens with one attached hydrogen (secondary N) is 2. The molecule has 1 aromatic heterocycles. The summed E-state index contributed by atoms with van der Waals surface area (Å²) in [5.74, 6) is -0.0648. The molecular formula is C23H29ClN4O2. The molecule has 0 atom stereocenters. The first kappa shape index (κ1) is 20.9. The first-order chi connectivity index (χ1) is 14.5. The summed E-state index contributed by atoms with van der Waals surface area (Å²) in [4.78, 5) is 25.6. The van der Waals surface area contributed by atoms with Gasteiger partial charge < -0.3 is 10.6 Å². The summed E-state index contributed by atoms with van der Waals surface area (Å²) in [6, 6.07) is 7.93. The van der Waals surface area contributed by atoms with Crippen LogP contribution < -0.4 is 10.6 Å². The van der Waals surface area contributed by atoms with Crippen LogP contribution in [-0.4, -0.2) is 27.6 Å². The number of carbonyl (C=O) groups excluding carboxylic acids is 2. The third-order valence-corrected chi connectivity index (χ3v) is 6.67. The fourth-order valence-corrected chi connectivity index (χ4v) is 5.03. The summed E-state index contributed by atoms with van der Waals surface area (Å²) in [6.45, 7) is 0.159. The fourth-order valence-electron chi connectivity index (χ4n) is 4.84. The normalized spacial score (nSPS) is 18.8. The molecule has 4 rings (SSSR count).